The first kappa shape index (κ1) is 14.7. The molecule has 0 aromatic carbocycles. The van der Waals surface area contributed by atoms with Crippen LogP contribution < -0.4 is 10.6 Å². The Morgan fingerprint density at radius 3 is 2.94 bits per heavy atom. The summed E-state index contributed by atoms with van der Waals surface area (Å²) >= 11 is 0. The average molecular weight is 253 g/mol. The lowest BCUT2D eigenvalue weighted by molar-refractivity contribution is -0.122. The third-order valence-corrected chi connectivity index (χ3v) is 2.73. The van der Waals surface area contributed by atoms with E-state index in [1.807, 2.05) is 38.1 Å². The summed E-state index contributed by atoms with van der Waals surface area (Å²) in [7, 11) is 3.88. The summed E-state index contributed by atoms with van der Waals surface area (Å²) in [6.07, 6.45) is 2.65. The number of likely N-dealkylation sites (N-methyl/N-ethyl adjacent to an activating group) is 1. The Labute approximate surface area is 109 Å². The van der Waals surface area contributed by atoms with E-state index in [0.717, 1.165) is 25.3 Å². The Hall–Kier alpha value is -1.33. The minimum absolute atomic E-state index is 0.0193. The Bertz CT molecular complexity index is 338. The van der Waals surface area contributed by atoms with Gasteiger partial charge in [-0.05, 0) is 52.7 Å². The molecule has 18 heavy (non-hydrogen) atoms. The third-order valence-electron chi connectivity index (χ3n) is 2.73. The Balaban J connectivity index is 2.24. The first-order chi connectivity index (χ1) is 8.63. The standard InChI is InChI=1S/C13H23N3O2/c1-11(12-6-4-9-18-12)15-13(17)10-16(3)8-5-7-14-2/h4,6,9,11,14H,5,7-8,10H2,1-3H3,(H,15,17). The van der Waals surface area contributed by atoms with Crippen molar-refractivity contribution in [3.05, 3.63) is 24.2 Å². The van der Waals surface area contributed by atoms with Gasteiger partial charge in [-0.2, -0.15) is 0 Å². The number of carbonyl (C=O) groups excluding carboxylic acids is 1. The molecule has 0 saturated heterocycles. The van der Waals surface area contributed by atoms with Gasteiger partial charge in [-0.15, -0.1) is 0 Å². The molecule has 0 bridgehead atoms. The van der Waals surface area contributed by atoms with Crippen LogP contribution in [0, 0.1) is 0 Å². The van der Waals surface area contributed by atoms with Crippen molar-refractivity contribution >= 4 is 5.91 Å². The molecule has 0 aliphatic rings. The molecule has 1 aromatic rings. The van der Waals surface area contributed by atoms with Gasteiger partial charge in [-0.25, -0.2) is 0 Å². The van der Waals surface area contributed by atoms with Crippen LogP contribution in [0.2, 0.25) is 0 Å². The zero-order valence-corrected chi connectivity index (χ0v) is 11.4. The van der Waals surface area contributed by atoms with Gasteiger partial charge in [0.1, 0.15) is 5.76 Å². The van der Waals surface area contributed by atoms with Crippen molar-refractivity contribution in [1.29, 1.82) is 0 Å². The topological polar surface area (TPSA) is 57.5 Å². The molecule has 0 aliphatic heterocycles. The van der Waals surface area contributed by atoms with Gasteiger partial charge in [0, 0.05) is 0 Å². The minimum atomic E-state index is -0.0850. The number of hydrogen-bond acceptors (Lipinski definition) is 4. The highest BCUT2D eigenvalue weighted by molar-refractivity contribution is 5.78. The lowest BCUT2D eigenvalue weighted by Crippen LogP contribution is -2.37. The van der Waals surface area contributed by atoms with Gasteiger partial charge < -0.3 is 15.1 Å². The predicted molar refractivity (Wildman–Crippen MR) is 71.3 cm³/mol. The molecule has 1 amide bonds. The van der Waals surface area contributed by atoms with E-state index in [4.69, 9.17) is 4.42 Å². The number of rotatable bonds is 8. The van der Waals surface area contributed by atoms with Crippen molar-refractivity contribution in [2.24, 2.45) is 0 Å². The quantitative estimate of drug-likeness (QED) is 0.679. The molecule has 1 heterocycles. The summed E-state index contributed by atoms with van der Waals surface area (Å²) in [5.74, 6) is 0.798. The molecule has 1 aromatic heterocycles. The van der Waals surface area contributed by atoms with Gasteiger partial charge in [-0.1, -0.05) is 0 Å². The number of amides is 1. The maximum Gasteiger partial charge on any atom is 0.234 e. The summed E-state index contributed by atoms with van der Waals surface area (Å²) in [5, 5.41) is 6.00. The zero-order chi connectivity index (χ0) is 13.4. The monoisotopic (exact) mass is 253 g/mol. The smallest absolute Gasteiger partial charge is 0.234 e. The van der Waals surface area contributed by atoms with E-state index in [-0.39, 0.29) is 11.9 Å². The van der Waals surface area contributed by atoms with Gasteiger partial charge in [0.05, 0.1) is 18.8 Å². The molecule has 0 spiro atoms. The van der Waals surface area contributed by atoms with Crippen LogP contribution in [0.1, 0.15) is 25.1 Å². The van der Waals surface area contributed by atoms with Crippen molar-refractivity contribution in [3.63, 3.8) is 0 Å². The summed E-state index contributed by atoms with van der Waals surface area (Å²) in [4.78, 5) is 13.8. The summed E-state index contributed by atoms with van der Waals surface area (Å²) < 4.78 is 5.24. The van der Waals surface area contributed by atoms with Crippen molar-refractivity contribution in [2.45, 2.75) is 19.4 Å². The molecule has 2 N–H and O–H groups in total. The van der Waals surface area contributed by atoms with E-state index in [9.17, 15) is 4.79 Å². The summed E-state index contributed by atoms with van der Waals surface area (Å²) in [5.41, 5.74) is 0. The Kier molecular flexibility index (Phi) is 6.46. The van der Waals surface area contributed by atoms with Crippen LogP contribution in [0.4, 0.5) is 0 Å². The normalized spacial score (nSPS) is 12.7. The van der Waals surface area contributed by atoms with Crippen LogP contribution in [0.25, 0.3) is 0 Å². The largest absolute Gasteiger partial charge is 0.467 e. The van der Waals surface area contributed by atoms with Gasteiger partial charge in [0.2, 0.25) is 5.91 Å². The zero-order valence-electron chi connectivity index (χ0n) is 11.4. The van der Waals surface area contributed by atoms with Gasteiger partial charge in [0.15, 0.2) is 0 Å². The molecule has 1 rings (SSSR count). The molecular weight excluding hydrogens is 230 g/mol. The van der Waals surface area contributed by atoms with E-state index in [0.29, 0.717) is 6.54 Å². The Morgan fingerprint density at radius 1 is 1.56 bits per heavy atom. The minimum Gasteiger partial charge on any atom is -0.467 e. The number of hydrogen-bond donors (Lipinski definition) is 2. The summed E-state index contributed by atoms with van der Waals surface area (Å²) in [6, 6.07) is 3.60. The SMILES string of the molecule is CNCCCN(C)CC(=O)NC(C)c1ccco1. The van der Waals surface area contributed by atoms with Crippen LogP contribution in [-0.4, -0.2) is 44.5 Å². The molecule has 1 atom stereocenters. The number of furan rings is 1. The summed E-state index contributed by atoms with van der Waals surface area (Å²) in [6.45, 7) is 4.20. The molecule has 1 unspecified atom stereocenters. The second-order valence-corrected chi connectivity index (χ2v) is 4.50. The third kappa shape index (κ3) is 5.33. The predicted octanol–water partition coefficient (Wildman–Crippen LogP) is 0.998. The fourth-order valence-electron chi connectivity index (χ4n) is 1.75. The van der Waals surface area contributed by atoms with Crippen molar-refractivity contribution < 1.29 is 9.21 Å². The lowest BCUT2D eigenvalue weighted by Gasteiger charge is -2.18. The average Bonchev–Trinajstić information content (AvgIpc) is 2.82. The van der Waals surface area contributed by atoms with Crippen LogP contribution in [-0.2, 0) is 4.79 Å². The first-order valence-electron chi connectivity index (χ1n) is 6.29. The van der Waals surface area contributed by atoms with E-state index < -0.39 is 0 Å². The van der Waals surface area contributed by atoms with Crippen LogP contribution in [0.15, 0.2) is 22.8 Å². The molecule has 5 heteroatoms. The fourth-order valence-corrected chi connectivity index (χ4v) is 1.75. The molecular formula is C13H23N3O2. The number of nitrogens with zero attached hydrogens (tertiary/aromatic N) is 1. The lowest BCUT2D eigenvalue weighted by atomic mass is 10.2. The Morgan fingerprint density at radius 2 is 2.33 bits per heavy atom. The highest BCUT2D eigenvalue weighted by Crippen LogP contribution is 2.11. The van der Waals surface area contributed by atoms with Gasteiger partial charge in [0.25, 0.3) is 0 Å². The number of nitrogens with one attached hydrogen (secondary N) is 2. The highest BCUT2D eigenvalue weighted by atomic mass is 16.3. The fraction of sp³-hybridized carbons (Fsp3) is 0.615. The van der Waals surface area contributed by atoms with Crippen LogP contribution >= 0.6 is 0 Å². The molecule has 0 fully saturated rings. The maximum atomic E-state index is 11.8. The molecule has 102 valence electrons. The maximum absolute atomic E-state index is 11.8. The molecule has 0 saturated carbocycles. The molecule has 0 aliphatic carbocycles. The van der Waals surface area contributed by atoms with E-state index >= 15 is 0 Å². The molecule has 0 radical (unpaired) electrons. The van der Waals surface area contributed by atoms with E-state index in [1.54, 1.807) is 6.26 Å². The second-order valence-electron chi connectivity index (χ2n) is 4.50. The van der Waals surface area contributed by atoms with Gasteiger partial charge >= 0.3 is 0 Å². The van der Waals surface area contributed by atoms with Crippen LogP contribution in [0.3, 0.4) is 0 Å². The highest BCUT2D eigenvalue weighted by Gasteiger charge is 2.12. The molecule has 5 nitrogen and oxygen atoms in total. The van der Waals surface area contributed by atoms with Crippen molar-refractivity contribution in [3.8, 4) is 0 Å². The number of carbonyl (C=O) groups is 1. The van der Waals surface area contributed by atoms with E-state index in [2.05, 4.69) is 10.6 Å². The van der Waals surface area contributed by atoms with Crippen molar-refractivity contribution in [1.82, 2.24) is 15.5 Å². The first-order valence-corrected chi connectivity index (χ1v) is 6.29. The van der Waals surface area contributed by atoms with Crippen LogP contribution in [0.5, 0.6) is 0 Å². The van der Waals surface area contributed by atoms with Gasteiger partial charge in [-0.3, -0.25) is 9.69 Å². The van der Waals surface area contributed by atoms with E-state index in [1.165, 1.54) is 0 Å². The second kappa shape index (κ2) is 7.89. The van der Waals surface area contributed by atoms with Crippen molar-refractivity contribution in [2.75, 3.05) is 33.7 Å².